The Kier molecular flexibility index (Phi) is 4.01. The van der Waals surface area contributed by atoms with Crippen molar-refractivity contribution in [1.29, 1.82) is 0 Å². The van der Waals surface area contributed by atoms with Crippen LogP contribution in [0.25, 0.3) is 0 Å². The van der Waals surface area contributed by atoms with Gasteiger partial charge in [-0.1, -0.05) is 28.1 Å². The van der Waals surface area contributed by atoms with E-state index in [9.17, 15) is 9.18 Å². The van der Waals surface area contributed by atoms with E-state index in [-0.39, 0.29) is 11.6 Å². The maximum absolute atomic E-state index is 12.7. The highest BCUT2D eigenvalue weighted by Crippen LogP contribution is 2.18. The summed E-state index contributed by atoms with van der Waals surface area (Å²) in [6.07, 6.45) is 2.23. The molecular formula is C11H10BrFO. The number of carbonyl (C=O) groups is 1. The van der Waals surface area contributed by atoms with Crippen LogP contribution >= 0.6 is 15.9 Å². The van der Waals surface area contributed by atoms with Crippen LogP contribution < -0.4 is 0 Å². The van der Waals surface area contributed by atoms with Gasteiger partial charge in [-0.05, 0) is 17.7 Å². The van der Waals surface area contributed by atoms with E-state index in [1.165, 1.54) is 12.1 Å². The van der Waals surface area contributed by atoms with Crippen LogP contribution in [0.2, 0.25) is 0 Å². The molecule has 0 saturated heterocycles. The number of rotatable bonds is 4. The fourth-order valence-electron chi connectivity index (χ4n) is 1.11. The summed E-state index contributed by atoms with van der Waals surface area (Å²) in [5, 5.41) is 0. The van der Waals surface area contributed by atoms with Crippen molar-refractivity contribution in [3.8, 4) is 0 Å². The minimum atomic E-state index is -0.309. The van der Waals surface area contributed by atoms with Gasteiger partial charge in [0.1, 0.15) is 11.6 Å². The van der Waals surface area contributed by atoms with Crippen LogP contribution in [0.5, 0.6) is 0 Å². The standard InChI is InChI=1S/C11H10BrFO/c1-2-3-10(14)6-8-4-5-9(13)7-11(8)12/h2,4-5,7H,1,3,6H2. The Balaban J connectivity index is 2.76. The number of hydrogen-bond donors (Lipinski definition) is 0. The van der Waals surface area contributed by atoms with E-state index in [0.717, 1.165) is 5.56 Å². The lowest BCUT2D eigenvalue weighted by Gasteiger charge is -2.02. The molecule has 1 rings (SSSR count). The van der Waals surface area contributed by atoms with E-state index in [1.807, 2.05) is 0 Å². The second kappa shape index (κ2) is 5.05. The van der Waals surface area contributed by atoms with Crippen molar-refractivity contribution >= 4 is 21.7 Å². The smallest absolute Gasteiger partial charge is 0.141 e. The van der Waals surface area contributed by atoms with Gasteiger partial charge in [-0.2, -0.15) is 0 Å². The largest absolute Gasteiger partial charge is 0.299 e. The predicted molar refractivity (Wildman–Crippen MR) is 57.6 cm³/mol. The summed E-state index contributed by atoms with van der Waals surface area (Å²) in [6, 6.07) is 4.32. The van der Waals surface area contributed by atoms with Gasteiger partial charge in [-0.25, -0.2) is 4.39 Å². The second-order valence-electron chi connectivity index (χ2n) is 2.94. The molecule has 0 aromatic heterocycles. The minimum absolute atomic E-state index is 0.0762. The molecule has 0 amide bonds. The van der Waals surface area contributed by atoms with Crippen molar-refractivity contribution in [2.24, 2.45) is 0 Å². The van der Waals surface area contributed by atoms with Crippen molar-refractivity contribution in [3.63, 3.8) is 0 Å². The summed E-state index contributed by atoms with van der Waals surface area (Å²) in [5.74, 6) is -0.232. The number of benzene rings is 1. The monoisotopic (exact) mass is 256 g/mol. The molecule has 0 radical (unpaired) electrons. The summed E-state index contributed by atoms with van der Waals surface area (Å²) >= 11 is 3.21. The normalized spacial score (nSPS) is 9.86. The molecule has 0 aliphatic carbocycles. The molecule has 0 saturated carbocycles. The van der Waals surface area contributed by atoms with E-state index >= 15 is 0 Å². The number of carbonyl (C=O) groups excluding carboxylic acids is 1. The van der Waals surface area contributed by atoms with Gasteiger partial charge < -0.3 is 0 Å². The van der Waals surface area contributed by atoms with Gasteiger partial charge in [0.2, 0.25) is 0 Å². The summed E-state index contributed by atoms with van der Waals surface area (Å²) in [5.41, 5.74) is 0.804. The molecular weight excluding hydrogens is 247 g/mol. The number of halogens is 2. The van der Waals surface area contributed by atoms with Crippen LogP contribution in [0.1, 0.15) is 12.0 Å². The van der Waals surface area contributed by atoms with Gasteiger partial charge in [-0.15, -0.1) is 6.58 Å². The van der Waals surface area contributed by atoms with E-state index in [4.69, 9.17) is 0 Å². The Morgan fingerprint density at radius 1 is 1.57 bits per heavy atom. The second-order valence-corrected chi connectivity index (χ2v) is 3.80. The zero-order chi connectivity index (χ0) is 10.6. The molecule has 0 aliphatic rings. The summed E-state index contributed by atoms with van der Waals surface area (Å²) in [6.45, 7) is 3.49. The predicted octanol–water partition coefficient (Wildman–Crippen LogP) is 3.28. The lowest BCUT2D eigenvalue weighted by atomic mass is 10.1. The van der Waals surface area contributed by atoms with Gasteiger partial charge in [0.15, 0.2) is 0 Å². The van der Waals surface area contributed by atoms with Gasteiger partial charge in [0.25, 0.3) is 0 Å². The number of ketones is 1. The van der Waals surface area contributed by atoms with Crippen molar-refractivity contribution < 1.29 is 9.18 Å². The van der Waals surface area contributed by atoms with Crippen LogP contribution in [0.3, 0.4) is 0 Å². The van der Waals surface area contributed by atoms with Crippen LogP contribution in [-0.2, 0) is 11.2 Å². The molecule has 0 unspecified atom stereocenters. The molecule has 0 heterocycles. The first-order chi connectivity index (χ1) is 6.63. The molecule has 1 aromatic carbocycles. The molecule has 14 heavy (non-hydrogen) atoms. The summed E-state index contributed by atoms with van der Waals surface area (Å²) in [7, 11) is 0. The van der Waals surface area contributed by atoms with E-state index in [0.29, 0.717) is 17.3 Å². The maximum atomic E-state index is 12.7. The molecule has 74 valence electrons. The Morgan fingerprint density at radius 3 is 2.86 bits per heavy atom. The Bertz CT molecular complexity index is 360. The fourth-order valence-corrected chi connectivity index (χ4v) is 1.60. The average molecular weight is 257 g/mol. The molecule has 0 bridgehead atoms. The minimum Gasteiger partial charge on any atom is -0.299 e. The molecule has 1 nitrogen and oxygen atoms in total. The van der Waals surface area contributed by atoms with Crippen molar-refractivity contribution in [1.82, 2.24) is 0 Å². The molecule has 0 atom stereocenters. The lowest BCUT2D eigenvalue weighted by molar-refractivity contribution is -0.117. The molecule has 0 N–H and O–H groups in total. The van der Waals surface area contributed by atoms with E-state index in [2.05, 4.69) is 22.5 Å². The maximum Gasteiger partial charge on any atom is 0.141 e. The third-order valence-electron chi connectivity index (χ3n) is 1.77. The topological polar surface area (TPSA) is 17.1 Å². The van der Waals surface area contributed by atoms with Crippen molar-refractivity contribution in [3.05, 3.63) is 46.7 Å². The van der Waals surface area contributed by atoms with Crippen LogP contribution in [0, 0.1) is 5.82 Å². The first kappa shape index (κ1) is 11.1. The quantitative estimate of drug-likeness (QED) is 0.756. The van der Waals surface area contributed by atoms with Crippen LogP contribution in [-0.4, -0.2) is 5.78 Å². The van der Waals surface area contributed by atoms with Crippen LogP contribution in [0.15, 0.2) is 35.3 Å². The summed E-state index contributed by atoms with van der Waals surface area (Å²) in [4.78, 5) is 11.3. The number of hydrogen-bond acceptors (Lipinski definition) is 1. The van der Waals surface area contributed by atoms with Gasteiger partial charge in [0.05, 0.1) is 0 Å². The highest BCUT2D eigenvalue weighted by Gasteiger charge is 2.06. The zero-order valence-electron chi connectivity index (χ0n) is 7.59. The van der Waals surface area contributed by atoms with Gasteiger partial charge in [-0.3, -0.25) is 4.79 Å². The summed E-state index contributed by atoms with van der Waals surface area (Å²) < 4.78 is 13.3. The third kappa shape index (κ3) is 3.07. The van der Waals surface area contributed by atoms with Gasteiger partial charge >= 0.3 is 0 Å². The Morgan fingerprint density at radius 2 is 2.29 bits per heavy atom. The van der Waals surface area contributed by atoms with E-state index in [1.54, 1.807) is 12.1 Å². The van der Waals surface area contributed by atoms with Gasteiger partial charge in [0, 0.05) is 17.3 Å². The molecule has 0 fully saturated rings. The first-order valence-electron chi connectivity index (χ1n) is 4.20. The average Bonchev–Trinajstić information content (AvgIpc) is 2.10. The Labute approximate surface area is 90.8 Å². The third-order valence-corrected chi connectivity index (χ3v) is 2.51. The Hall–Kier alpha value is -0.960. The number of Topliss-reactive ketones (excluding diaryl/α,β-unsaturated/α-hetero) is 1. The SMILES string of the molecule is C=CCC(=O)Cc1ccc(F)cc1Br. The zero-order valence-corrected chi connectivity index (χ0v) is 9.18. The fraction of sp³-hybridized carbons (Fsp3) is 0.182. The van der Waals surface area contributed by atoms with Crippen molar-refractivity contribution in [2.75, 3.05) is 0 Å². The molecule has 0 aliphatic heterocycles. The highest BCUT2D eigenvalue weighted by molar-refractivity contribution is 9.10. The molecule has 3 heteroatoms. The van der Waals surface area contributed by atoms with Crippen molar-refractivity contribution in [2.45, 2.75) is 12.8 Å². The lowest BCUT2D eigenvalue weighted by Crippen LogP contribution is -2.01. The first-order valence-corrected chi connectivity index (χ1v) is 4.99. The molecule has 0 spiro atoms. The highest BCUT2D eigenvalue weighted by atomic mass is 79.9. The number of allylic oxidation sites excluding steroid dienone is 1. The van der Waals surface area contributed by atoms with Crippen LogP contribution in [0.4, 0.5) is 4.39 Å². The molecule has 1 aromatic rings. The van der Waals surface area contributed by atoms with E-state index < -0.39 is 0 Å².